The molecule has 4 aromatic rings. The summed E-state index contributed by atoms with van der Waals surface area (Å²) in [6.07, 6.45) is 7.47. The van der Waals surface area contributed by atoms with E-state index in [1.807, 2.05) is 29.9 Å². The van der Waals surface area contributed by atoms with Gasteiger partial charge in [0.05, 0.1) is 29.5 Å². The molecule has 0 radical (unpaired) electrons. The number of anilines is 2. The summed E-state index contributed by atoms with van der Waals surface area (Å²) in [5.74, 6) is 0.720. The third-order valence-electron chi connectivity index (χ3n) is 4.89. The standard InChI is InChI=1S/C20H26N8S/c1-6-27(20(3,4)5)12-15-7-17(29-26-15)25-18-19-21-10-16(14-8-22-23-9-14)28(19)11-13(2)24-18/h7-11H,6,12H2,1-5H3,(H,22,23)(H,24,25). The van der Waals surface area contributed by atoms with Crippen LogP contribution in [0, 0.1) is 6.92 Å². The number of aromatic amines is 1. The minimum atomic E-state index is 0.107. The molecule has 0 unspecified atom stereocenters. The lowest BCUT2D eigenvalue weighted by molar-refractivity contribution is 0.135. The third kappa shape index (κ3) is 4.01. The van der Waals surface area contributed by atoms with Crippen molar-refractivity contribution < 1.29 is 0 Å². The topological polar surface area (TPSA) is 87.0 Å². The summed E-state index contributed by atoms with van der Waals surface area (Å²) in [4.78, 5) is 11.7. The van der Waals surface area contributed by atoms with E-state index in [4.69, 9.17) is 0 Å². The first-order chi connectivity index (χ1) is 13.8. The molecule has 0 bridgehead atoms. The van der Waals surface area contributed by atoms with E-state index in [1.165, 1.54) is 11.5 Å². The molecule has 0 fully saturated rings. The van der Waals surface area contributed by atoms with Crippen LogP contribution in [0.15, 0.2) is 30.9 Å². The van der Waals surface area contributed by atoms with Crippen LogP contribution in [-0.4, -0.2) is 45.9 Å². The largest absolute Gasteiger partial charge is 0.328 e. The second-order valence-corrected chi connectivity index (χ2v) is 8.85. The Morgan fingerprint density at radius 3 is 2.79 bits per heavy atom. The minimum absolute atomic E-state index is 0.107. The highest BCUT2D eigenvalue weighted by Crippen LogP contribution is 2.28. The van der Waals surface area contributed by atoms with E-state index >= 15 is 0 Å². The van der Waals surface area contributed by atoms with Crippen LogP contribution in [0.4, 0.5) is 10.8 Å². The van der Waals surface area contributed by atoms with Gasteiger partial charge in [-0.1, -0.05) is 6.92 Å². The van der Waals surface area contributed by atoms with Crippen molar-refractivity contribution in [3.8, 4) is 11.3 Å². The van der Waals surface area contributed by atoms with Gasteiger partial charge in [0.15, 0.2) is 11.5 Å². The second-order valence-electron chi connectivity index (χ2n) is 8.05. The molecular formula is C20H26N8S. The maximum absolute atomic E-state index is 4.67. The van der Waals surface area contributed by atoms with Gasteiger partial charge in [0.1, 0.15) is 5.00 Å². The molecule has 9 heteroatoms. The molecule has 0 spiro atoms. The highest BCUT2D eigenvalue weighted by atomic mass is 32.1. The summed E-state index contributed by atoms with van der Waals surface area (Å²) in [5.41, 5.74) is 4.78. The smallest absolute Gasteiger partial charge is 0.180 e. The van der Waals surface area contributed by atoms with Gasteiger partial charge >= 0.3 is 0 Å². The molecule has 0 saturated heterocycles. The predicted molar refractivity (Wildman–Crippen MR) is 117 cm³/mol. The van der Waals surface area contributed by atoms with Crippen LogP contribution in [0.25, 0.3) is 16.9 Å². The second kappa shape index (κ2) is 7.57. The monoisotopic (exact) mass is 410 g/mol. The van der Waals surface area contributed by atoms with Crippen molar-refractivity contribution in [2.45, 2.75) is 46.7 Å². The fourth-order valence-electron chi connectivity index (χ4n) is 3.38. The Bertz CT molecular complexity index is 1100. The molecule has 0 aromatic carbocycles. The van der Waals surface area contributed by atoms with E-state index in [0.717, 1.165) is 52.2 Å². The van der Waals surface area contributed by atoms with Crippen molar-refractivity contribution in [1.82, 2.24) is 33.8 Å². The van der Waals surface area contributed by atoms with Gasteiger partial charge in [0.2, 0.25) is 0 Å². The van der Waals surface area contributed by atoms with Gasteiger partial charge in [-0.2, -0.15) is 9.47 Å². The molecular weight excluding hydrogens is 384 g/mol. The fraction of sp³-hybridized carbons (Fsp3) is 0.400. The number of fused-ring (bicyclic) bond motifs is 1. The van der Waals surface area contributed by atoms with Crippen molar-refractivity contribution in [2.75, 3.05) is 11.9 Å². The van der Waals surface area contributed by atoms with Crippen molar-refractivity contribution in [3.05, 3.63) is 42.2 Å². The highest BCUT2D eigenvalue weighted by Gasteiger charge is 2.21. The average molecular weight is 411 g/mol. The van der Waals surface area contributed by atoms with Gasteiger partial charge in [-0.05, 0) is 51.8 Å². The van der Waals surface area contributed by atoms with Gasteiger partial charge in [0.25, 0.3) is 0 Å². The molecule has 29 heavy (non-hydrogen) atoms. The zero-order valence-corrected chi connectivity index (χ0v) is 18.2. The van der Waals surface area contributed by atoms with Crippen LogP contribution in [-0.2, 0) is 6.54 Å². The third-order valence-corrected chi connectivity index (χ3v) is 5.63. The van der Waals surface area contributed by atoms with E-state index in [9.17, 15) is 0 Å². The molecule has 8 nitrogen and oxygen atoms in total. The fourth-order valence-corrected chi connectivity index (χ4v) is 4.04. The molecule has 0 aliphatic rings. The van der Waals surface area contributed by atoms with Gasteiger partial charge < -0.3 is 5.32 Å². The Hall–Kier alpha value is -2.78. The number of H-pyrrole nitrogens is 1. The van der Waals surface area contributed by atoms with Crippen LogP contribution >= 0.6 is 11.5 Å². The summed E-state index contributed by atoms with van der Waals surface area (Å²) < 4.78 is 6.67. The van der Waals surface area contributed by atoms with E-state index < -0.39 is 0 Å². The van der Waals surface area contributed by atoms with Crippen molar-refractivity contribution >= 4 is 28.0 Å². The number of hydrogen-bond donors (Lipinski definition) is 2. The predicted octanol–water partition coefficient (Wildman–Crippen LogP) is 4.25. The molecule has 0 aliphatic heterocycles. The van der Waals surface area contributed by atoms with E-state index in [-0.39, 0.29) is 5.54 Å². The van der Waals surface area contributed by atoms with Gasteiger partial charge in [-0.15, -0.1) is 0 Å². The summed E-state index contributed by atoms with van der Waals surface area (Å²) in [7, 11) is 0. The Morgan fingerprint density at radius 1 is 1.28 bits per heavy atom. The molecule has 2 N–H and O–H groups in total. The van der Waals surface area contributed by atoms with Crippen molar-refractivity contribution in [3.63, 3.8) is 0 Å². The quantitative estimate of drug-likeness (QED) is 0.494. The molecule has 4 heterocycles. The van der Waals surface area contributed by atoms with Crippen LogP contribution in [0.2, 0.25) is 0 Å². The maximum Gasteiger partial charge on any atom is 0.180 e. The first-order valence-electron chi connectivity index (χ1n) is 9.66. The lowest BCUT2D eigenvalue weighted by Gasteiger charge is -2.34. The number of nitrogens with one attached hydrogen (secondary N) is 2. The molecule has 4 aromatic heterocycles. The number of rotatable bonds is 6. The number of aryl methyl sites for hydroxylation is 1. The molecule has 0 aliphatic carbocycles. The Morgan fingerprint density at radius 2 is 2.10 bits per heavy atom. The van der Waals surface area contributed by atoms with E-state index in [2.05, 4.69) is 68.5 Å². The molecule has 152 valence electrons. The van der Waals surface area contributed by atoms with E-state index in [0.29, 0.717) is 0 Å². The Balaban J connectivity index is 1.61. The summed E-state index contributed by atoms with van der Waals surface area (Å²) >= 11 is 1.45. The van der Waals surface area contributed by atoms with Gasteiger partial charge in [-0.25, -0.2) is 9.97 Å². The number of nitrogens with zero attached hydrogens (tertiary/aromatic N) is 6. The van der Waals surface area contributed by atoms with Gasteiger partial charge in [0, 0.05) is 30.0 Å². The first-order valence-corrected chi connectivity index (χ1v) is 10.4. The zero-order valence-electron chi connectivity index (χ0n) is 17.4. The number of imidazole rings is 1. The van der Waals surface area contributed by atoms with Crippen LogP contribution < -0.4 is 5.32 Å². The first kappa shape index (κ1) is 19.5. The number of aromatic nitrogens is 6. The highest BCUT2D eigenvalue weighted by molar-refractivity contribution is 7.10. The van der Waals surface area contributed by atoms with Crippen molar-refractivity contribution in [1.29, 1.82) is 0 Å². The normalized spacial score (nSPS) is 12.2. The van der Waals surface area contributed by atoms with Gasteiger partial charge in [-0.3, -0.25) is 14.4 Å². The summed E-state index contributed by atoms with van der Waals surface area (Å²) in [5, 5.41) is 11.3. The SMILES string of the molecule is CCN(Cc1cc(Nc2nc(C)cn3c(-c4cn[nH]c4)cnc23)sn1)C(C)(C)C. The molecule has 0 atom stereocenters. The number of hydrogen-bond acceptors (Lipinski definition) is 7. The Labute approximate surface area is 174 Å². The van der Waals surface area contributed by atoms with Crippen LogP contribution in [0.1, 0.15) is 39.1 Å². The lowest BCUT2D eigenvalue weighted by Crippen LogP contribution is -2.40. The average Bonchev–Trinajstić information content (AvgIpc) is 3.39. The van der Waals surface area contributed by atoms with Crippen LogP contribution in [0.5, 0.6) is 0 Å². The lowest BCUT2D eigenvalue weighted by atomic mass is 10.1. The Kier molecular flexibility index (Phi) is 5.10. The van der Waals surface area contributed by atoms with E-state index in [1.54, 1.807) is 6.20 Å². The summed E-state index contributed by atoms with van der Waals surface area (Å²) in [6.45, 7) is 12.6. The van der Waals surface area contributed by atoms with Crippen molar-refractivity contribution in [2.24, 2.45) is 0 Å². The molecule has 0 amide bonds. The molecule has 0 saturated carbocycles. The minimum Gasteiger partial charge on any atom is -0.328 e. The zero-order chi connectivity index (χ0) is 20.6. The maximum atomic E-state index is 4.67. The molecule has 4 rings (SSSR count). The van der Waals surface area contributed by atoms with Crippen LogP contribution in [0.3, 0.4) is 0 Å². The summed E-state index contributed by atoms with van der Waals surface area (Å²) in [6, 6.07) is 2.10.